The van der Waals surface area contributed by atoms with E-state index < -0.39 is 12.0 Å². The minimum absolute atomic E-state index is 0.114. The van der Waals surface area contributed by atoms with Gasteiger partial charge < -0.3 is 14.7 Å². The fourth-order valence-corrected chi connectivity index (χ4v) is 2.62. The molecule has 0 fully saturated rings. The fraction of sp³-hybridized carbons (Fsp3) is 0.500. The predicted octanol–water partition coefficient (Wildman–Crippen LogP) is 1.84. The van der Waals surface area contributed by atoms with Crippen molar-refractivity contribution >= 4 is 11.9 Å². The number of amides is 1. The Kier molecular flexibility index (Phi) is 5.33. The SMILES string of the molecule is CCOCCCC(=O)N1Cc2ccccc2CC1C(=O)O. The summed E-state index contributed by atoms with van der Waals surface area (Å²) in [6, 6.07) is 6.94. The quantitative estimate of drug-likeness (QED) is 0.812. The molecule has 1 aromatic rings. The summed E-state index contributed by atoms with van der Waals surface area (Å²) < 4.78 is 5.21. The molecule has 0 bridgehead atoms. The van der Waals surface area contributed by atoms with Crippen molar-refractivity contribution in [3.05, 3.63) is 35.4 Å². The van der Waals surface area contributed by atoms with Gasteiger partial charge in [-0.1, -0.05) is 24.3 Å². The lowest BCUT2D eigenvalue weighted by Crippen LogP contribution is -2.48. The Hall–Kier alpha value is -1.88. The number of rotatable bonds is 6. The summed E-state index contributed by atoms with van der Waals surface area (Å²) in [7, 11) is 0. The van der Waals surface area contributed by atoms with Crippen LogP contribution < -0.4 is 0 Å². The summed E-state index contributed by atoms with van der Waals surface area (Å²) in [5.41, 5.74) is 2.05. The second kappa shape index (κ2) is 7.22. The molecule has 0 aromatic heterocycles. The van der Waals surface area contributed by atoms with Gasteiger partial charge in [0.05, 0.1) is 0 Å². The summed E-state index contributed by atoms with van der Waals surface area (Å²) in [6.45, 7) is 3.44. The molecule has 0 aliphatic carbocycles. The van der Waals surface area contributed by atoms with E-state index in [0.717, 1.165) is 11.1 Å². The van der Waals surface area contributed by atoms with Gasteiger partial charge in [-0.2, -0.15) is 0 Å². The van der Waals surface area contributed by atoms with Gasteiger partial charge in [0.2, 0.25) is 5.91 Å². The van der Waals surface area contributed by atoms with E-state index in [1.54, 1.807) is 0 Å². The second-order valence-corrected chi connectivity index (χ2v) is 5.15. The molecule has 1 amide bonds. The average molecular weight is 291 g/mol. The van der Waals surface area contributed by atoms with Crippen molar-refractivity contribution in [1.82, 2.24) is 4.90 Å². The number of hydrogen-bond acceptors (Lipinski definition) is 3. The number of carboxylic acid groups (broad SMARTS) is 1. The Balaban J connectivity index is 2.06. The summed E-state index contributed by atoms with van der Waals surface area (Å²) in [6.07, 6.45) is 1.33. The number of nitrogens with zero attached hydrogens (tertiary/aromatic N) is 1. The molecular formula is C16H21NO4. The lowest BCUT2D eigenvalue weighted by atomic mass is 9.93. The van der Waals surface area contributed by atoms with Crippen molar-refractivity contribution < 1.29 is 19.4 Å². The van der Waals surface area contributed by atoms with Crippen LogP contribution in [-0.2, 0) is 27.3 Å². The highest BCUT2D eigenvalue weighted by Gasteiger charge is 2.33. The summed E-state index contributed by atoms with van der Waals surface area (Å²) in [4.78, 5) is 25.2. The van der Waals surface area contributed by atoms with Crippen LogP contribution in [0.1, 0.15) is 30.9 Å². The van der Waals surface area contributed by atoms with Crippen molar-refractivity contribution in [2.24, 2.45) is 0 Å². The molecule has 114 valence electrons. The van der Waals surface area contributed by atoms with E-state index in [2.05, 4.69) is 0 Å². The number of fused-ring (bicyclic) bond motifs is 1. The van der Waals surface area contributed by atoms with E-state index in [9.17, 15) is 14.7 Å². The Labute approximate surface area is 124 Å². The first-order chi connectivity index (χ1) is 10.1. The highest BCUT2D eigenvalue weighted by atomic mass is 16.5. The first kappa shape index (κ1) is 15.5. The molecule has 1 aliphatic rings. The number of ether oxygens (including phenoxy) is 1. The van der Waals surface area contributed by atoms with E-state index >= 15 is 0 Å². The van der Waals surface area contributed by atoms with Crippen LogP contribution in [0, 0.1) is 0 Å². The zero-order chi connectivity index (χ0) is 15.2. The van der Waals surface area contributed by atoms with Crippen LogP contribution in [0.5, 0.6) is 0 Å². The number of carbonyl (C=O) groups is 2. The average Bonchev–Trinajstić information content (AvgIpc) is 2.50. The Morgan fingerprint density at radius 2 is 2.05 bits per heavy atom. The molecule has 1 aliphatic heterocycles. The molecule has 1 heterocycles. The van der Waals surface area contributed by atoms with Gasteiger partial charge in [-0.15, -0.1) is 0 Å². The Bertz CT molecular complexity index is 515. The first-order valence-corrected chi connectivity index (χ1v) is 7.30. The molecule has 0 saturated carbocycles. The van der Waals surface area contributed by atoms with Gasteiger partial charge in [-0.05, 0) is 24.5 Å². The van der Waals surface area contributed by atoms with Crippen molar-refractivity contribution in [1.29, 1.82) is 0 Å². The maximum Gasteiger partial charge on any atom is 0.326 e. The minimum atomic E-state index is -0.942. The van der Waals surface area contributed by atoms with Gasteiger partial charge >= 0.3 is 5.97 Å². The van der Waals surface area contributed by atoms with E-state index in [1.165, 1.54) is 4.90 Å². The van der Waals surface area contributed by atoms with Crippen LogP contribution in [-0.4, -0.2) is 41.1 Å². The Morgan fingerprint density at radius 3 is 2.71 bits per heavy atom. The molecule has 0 saturated heterocycles. The van der Waals surface area contributed by atoms with Crippen LogP contribution >= 0.6 is 0 Å². The maximum atomic E-state index is 12.3. The van der Waals surface area contributed by atoms with Gasteiger partial charge in [0.25, 0.3) is 0 Å². The third-order valence-electron chi connectivity index (χ3n) is 3.74. The van der Waals surface area contributed by atoms with Crippen LogP contribution in [0.25, 0.3) is 0 Å². The van der Waals surface area contributed by atoms with Crippen LogP contribution in [0.3, 0.4) is 0 Å². The molecule has 1 atom stereocenters. The normalized spacial score (nSPS) is 17.4. The molecule has 5 nitrogen and oxygen atoms in total. The van der Waals surface area contributed by atoms with Crippen LogP contribution in [0.4, 0.5) is 0 Å². The third kappa shape index (κ3) is 3.82. The number of hydrogen-bond donors (Lipinski definition) is 1. The lowest BCUT2D eigenvalue weighted by Gasteiger charge is -2.34. The van der Waals surface area contributed by atoms with Crippen molar-refractivity contribution in [3.8, 4) is 0 Å². The van der Waals surface area contributed by atoms with Gasteiger partial charge in [0.1, 0.15) is 6.04 Å². The van der Waals surface area contributed by atoms with Crippen molar-refractivity contribution in [2.45, 2.75) is 38.8 Å². The van der Waals surface area contributed by atoms with Crippen LogP contribution in [0.2, 0.25) is 0 Å². The lowest BCUT2D eigenvalue weighted by molar-refractivity contribution is -0.151. The number of carboxylic acids is 1. The molecule has 21 heavy (non-hydrogen) atoms. The van der Waals surface area contributed by atoms with Crippen LogP contribution in [0.15, 0.2) is 24.3 Å². The molecule has 5 heteroatoms. The topological polar surface area (TPSA) is 66.8 Å². The predicted molar refractivity (Wildman–Crippen MR) is 77.8 cm³/mol. The largest absolute Gasteiger partial charge is 0.480 e. The van der Waals surface area contributed by atoms with Gasteiger partial charge in [-0.3, -0.25) is 4.79 Å². The second-order valence-electron chi connectivity index (χ2n) is 5.15. The fourth-order valence-electron chi connectivity index (χ4n) is 2.62. The third-order valence-corrected chi connectivity index (χ3v) is 3.74. The van der Waals surface area contributed by atoms with E-state index in [0.29, 0.717) is 39.0 Å². The van der Waals surface area contributed by atoms with Crippen molar-refractivity contribution in [2.75, 3.05) is 13.2 Å². The highest BCUT2D eigenvalue weighted by molar-refractivity contribution is 5.84. The van der Waals surface area contributed by atoms with E-state index in [-0.39, 0.29) is 5.91 Å². The van der Waals surface area contributed by atoms with Crippen molar-refractivity contribution in [3.63, 3.8) is 0 Å². The van der Waals surface area contributed by atoms with E-state index in [1.807, 2.05) is 31.2 Å². The summed E-state index contributed by atoms with van der Waals surface area (Å²) >= 11 is 0. The molecular weight excluding hydrogens is 270 g/mol. The summed E-state index contributed by atoms with van der Waals surface area (Å²) in [5, 5.41) is 9.37. The summed E-state index contributed by atoms with van der Waals surface area (Å²) in [5.74, 6) is -1.06. The monoisotopic (exact) mass is 291 g/mol. The molecule has 0 spiro atoms. The zero-order valence-corrected chi connectivity index (χ0v) is 12.2. The van der Waals surface area contributed by atoms with E-state index in [4.69, 9.17) is 4.74 Å². The smallest absolute Gasteiger partial charge is 0.326 e. The minimum Gasteiger partial charge on any atom is -0.480 e. The molecule has 2 rings (SSSR count). The molecule has 1 unspecified atom stereocenters. The molecule has 0 radical (unpaired) electrons. The Morgan fingerprint density at radius 1 is 1.33 bits per heavy atom. The maximum absolute atomic E-state index is 12.3. The molecule has 1 N–H and O–H groups in total. The molecule has 1 aromatic carbocycles. The number of benzene rings is 1. The number of aliphatic carboxylic acids is 1. The highest BCUT2D eigenvalue weighted by Crippen LogP contribution is 2.24. The zero-order valence-electron chi connectivity index (χ0n) is 12.2. The number of carbonyl (C=O) groups excluding carboxylic acids is 1. The standard InChI is InChI=1S/C16H21NO4/c1-2-21-9-5-8-15(18)17-11-13-7-4-3-6-12(13)10-14(17)16(19)20/h3-4,6-7,14H,2,5,8-11H2,1H3,(H,19,20). The van der Waals surface area contributed by atoms with Gasteiger partial charge in [-0.25, -0.2) is 4.79 Å². The van der Waals surface area contributed by atoms with Gasteiger partial charge in [0, 0.05) is 32.6 Å². The first-order valence-electron chi connectivity index (χ1n) is 7.30. The van der Waals surface area contributed by atoms with Gasteiger partial charge in [0.15, 0.2) is 0 Å².